The van der Waals surface area contributed by atoms with E-state index in [1.54, 1.807) is 0 Å². The summed E-state index contributed by atoms with van der Waals surface area (Å²) in [5.74, 6) is 0.564. The molecule has 110 valence electrons. The number of nitrogens with zero attached hydrogens (tertiary/aromatic N) is 1. The molecule has 1 aromatic heterocycles. The van der Waals surface area contributed by atoms with E-state index >= 15 is 0 Å². The molecule has 0 bridgehead atoms. The molecule has 0 spiro atoms. The zero-order valence-electron chi connectivity index (χ0n) is 13.8. The third kappa shape index (κ3) is 1.89. The van der Waals surface area contributed by atoms with Crippen LogP contribution in [0.5, 0.6) is 0 Å². The van der Waals surface area contributed by atoms with Gasteiger partial charge in [0.25, 0.3) is 0 Å². The van der Waals surface area contributed by atoms with Crippen molar-refractivity contribution in [2.45, 2.75) is 40.2 Å². The van der Waals surface area contributed by atoms with Crippen molar-refractivity contribution >= 4 is 10.9 Å². The summed E-state index contributed by atoms with van der Waals surface area (Å²) < 4.78 is 2.48. The van der Waals surface area contributed by atoms with Gasteiger partial charge in [-0.05, 0) is 54.7 Å². The second-order valence-corrected chi connectivity index (χ2v) is 6.89. The molecule has 0 fully saturated rings. The summed E-state index contributed by atoms with van der Waals surface area (Å²) in [6.45, 7) is 9.94. The van der Waals surface area contributed by atoms with Gasteiger partial charge in [0.15, 0.2) is 6.54 Å². The predicted molar refractivity (Wildman–Crippen MR) is 92.2 cm³/mol. The Morgan fingerprint density at radius 2 is 1.73 bits per heavy atom. The van der Waals surface area contributed by atoms with Crippen LogP contribution < -0.4 is 4.57 Å². The number of aryl methyl sites for hydroxylation is 2. The van der Waals surface area contributed by atoms with Gasteiger partial charge in [0.05, 0.1) is 5.56 Å². The second kappa shape index (κ2) is 4.67. The Hall–Kier alpha value is -2.15. The van der Waals surface area contributed by atoms with Crippen molar-refractivity contribution in [1.82, 2.24) is 0 Å². The zero-order chi connectivity index (χ0) is 15.4. The Labute approximate surface area is 132 Å². The number of pyridine rings is 1. The highest BCUT2D eigenvalue weighted by Crippen LogP contribution is 2.32. The van der Waals surface area contributed by atoms with Gasteiger partial charge in [0, 0.05) is 23.1 Å². The van der Waals surface area contributed by atoms with Gasteiger partial charge in [0.1, 0.15) is 0 Å². The van der Waals surface area contributed by atoms with E-state index in [1.165, 1.54) is 44.4 Å². The van der Waals surface area contributed by atoms with Crippen LogP contribution in [0.4, 0.5) is 0 Å². The van der Waals surface area contributed by atoms with Crippen molar-refractivity contribution in [3.05, 3.63) is 64.7 Å². The van der Waals surface area contributed by atoms with Crippen LogP contribution in [-0.2, 0) is 6.54 Å². The summed E-state index contributed by atoms with van der Waals surface area (Å²) in [5, 5.41) is 1.33. The lowest BCUT2D eigenvalue weighted by atomic mass is 9.99. The standard InChI is InChI=1S/C21H22N/c1-13(2)17-6-5-16-7-8-20-18-10-14(3)9-15(4)19(18)12-22(20)21(16)11-17/h5-11,13H,12H2,1-4H3/q+1. The molecule has 1 heteroatoms. The molecule has 1 aliphatic rings. The molecule has 1 aliphatic heterocycles. The Balaban J connectivity index is 2.01. The lowest BCUT2D eigenvalue weighted by Gasteiger charge is -2.06. The van der Waals surface area contributed by atoms with Crippen LogP contribution in [-0.4, -0.2) is 0 Å². The lowest BCUT2D eigenvalue weighted by Crippen LogP contribution is -2.33. The Morgan fingerprint density at radius 3 is 2.50 bits per heavy atom. The fraction of sp³-hybridized carbons (Fsp3) is 0.286. The first-order valence-electron chi connectivity index (χ1n) is 8.11. The third-order valence-electron chi connectivity index (χ3n) is 4.93. The highest BCUT2D eigenvalue weighted by atomic mass is 15.0. The first kappa shape index (κ1) is 13.5. The number of hydrogen-bond acceptors (Lipinski definition) is 0. The maximum atomic E-state index is 2.48. The molecule has 0 N–H and O–H groups in total. The van der Waals surface area contributed by atoms with E-state index in [2.05, 4.69) is 74.7 Å². The Bertz CT molecular complexity index is 903. The number of fused-ring (bicyclic) bond motifs is 5. The van der Waals surface area contributed by atoms with Gasteiger partial charge in [-0.2, -0.15) is 4.57 Å². The summed E-state index contributed by atoms with van der Waals surface area (Å²) in [7, 11) is 0. The minimum absolute atomic E-state index is 0.564. The first-order chi connectivity index (χ1) is 10.5. The van der Waals surface area contributed by atoms with Crippen molar-refractivity contribution in [1.29, 1.82) is 0 Å². The second-order valence-electron chi connectivity index (χ2n) is 6.89. The van der Waals surface area contributed by atoms with Gasteiger partial charge in [-0.15, -0.1) is 0 Å². The number of rotatable bonds is 1. The van der Waals surface area contributed by atoms with Crippen molar-refractivity contribution in [2.75, 3.05) is 0 Å². The van der Waals surface area contributed by atoms with Crippen molar-refractivity contribution < 1.29 is 4.57 Å². The molecule has 2 heterocycles. The summed E-state index contributed by atoms with van der Waals surface area (Å²) in [4.78, 5) is 0. The van der Waals surface area contributed by atoms with E-state index in [9.17, 15) is 0 Å². The molecular formula is C21H22N+. The Kier molecular flexibility index (Phi) is 2.87. The zero-order valence-corrected chi connectivity index (χ0v) is 13.8. The SMILES string of the molecule is Cc1cc(C)c2c(c1)-c1ccc3ccc(C(C)C)cc3[n+]1C2. The van der Waals surface area contributed by atoms with Crippen LogP contribution in [0.25, 0.3) is 22.2 Å². The molecule has 0 amide bonds. The average Bonchev–Trinajstić information content (AvgIpc) is 2.86. The summed E-state index contributed by atoms with van der Waals surface area (Å²) in [6, 6.07) is 16.1. The maximum absolute atomic E-state index is 2.48. The molecule has 0 aliphatic carbocycles. The van der Waals surface area contributed by atoms with E-state index in [4.69, 9.17) is 0 Å². The van der Waals surface area contributed by atoms with Crippen molar-refractivity contribution in [3.8, 4) is 11.3 Å². The van der Waals surface area contributed by atoms with Gasteiger partial charge >= 0.3 is 0 Å². The summed E-state index contributed by atoms with van der Waals surface area (Å²) in [6.07, 6.45) is 0. The Morgan fingerprint density at radius 1 is 0.955 bits per heavy atom. The predicted octanol–water partition coefficient (Wildman–Crippen LogP) is 4.90. The highest BCUT2D eigenvalue weighted by Gasteiger charge is 2.29. The molecule has 0 radical (unpaired) electrons. The fourth-order valence-corrected chi connectivity index (χ4v) is 3.68. The van der Waals surface area contributed by atoms with E-state index in [-0.39, 0.29) is 0 Å². The monoisotopic (exact) mass is 288 g/mol. The highest BCUT2D eigenvalue weighted by molar-refractivity contribution is 5.80. The molecule has 22 heavy (non-hydrogen) atoms. The molecule has 0 unspecified atom stereocenters. The van der Waals surface area contributed by atoms with Crippen molar-refractivity contribution in [2.24, 2.45) is 0 Å². The summed E-state index contributed by atoms with van der Waals surface area (Å²) in [5.41, 5.74) is 9.78. The number of hydrogen-bond donors (Lipinski definition) is 0. The quantitative estimate of drug-likeness (QED) is 0.439. The largest absolute Gasteiger partial charge is 0.213 e. The minimum Gasteiger partial charge on any atom is -0.187 e. The number of benzene rings is 2. The van der Waals surface area contributed by atoms with Crippen LogP contribution in [0, 0.1) is 13.8 Å². The molecule has 0 saturated heterocycles. The maximum Gasteiger partial charge on any atom is 0.213 e. The van der Waals surface area contributed by atoms with Crippen LogP contribution >= 0.6 is 0 Å². The van der Waals surface area contributed by atoms with Crippen molar-refractivity contribution in [3.63, 3.8) is 0 Å². The molecule has 0 saturated carbocycles. The number of aromatic nitrogens is 1. The van der Waals surface area contributed by atoms with E-state index in [0.717, 1.165) is 6.54 Å². The fourth-order valence-electron chi connectivity index (χ4n) is 3.68. The van der Waals surface area contributed by atoms with Gasteiger partial charge in [0.2, 0.25) is 11.2 Å². The lowest BCUT2D eigenvalue weighted by molar-refractivity contribution is -0.645. The molecular weight excluding hydrogens is 266 g/mol. The van der Waals surface area contributed by atoms with Gasteiger partial charge in [-0.3, -0.25) is 0 Å². The topological polar surface area (TPSA) is 3.88 Å². The molecule has 4 rings (SSSR count). The van der Waals surface area contributed by atoms with Crippen LogP contribution in [0.1, 0.15) is 42.0 Å². The van der Waals surface area contributed by atoms with Crippen LogP contribution in [0.15, 0.2) is 42.5 Å². The van der Waals surface area contributed by atoms with Gasteiger partial charge < -0.3 is 0 Å². The first-order valence-corrected chi connectivity index (χ1v) is 8.11. The minimum atomic E-state index is 0.564. The molecule has 2 aromatic carbocycles. The average molecular weight is 288 g/mol. The van der Waals surface area contributed by atoms with Crippen LogP contribution in [0.3, 0.4) is 0 Å². The summed E-state index contributed by atoms with van der Waals surface area (Å²) >= 11 is 0. The molecule has 0 atom stereocenters. The van der Waals surface area contributed by atoms with E-state index in [0.29, 0.717) is 5.92 Å². The van der Waals surface area contributed by atoms with E-state index in [1.807, 2.05) is 0 Å². The normalized spacial score (nSPS) is 12.8. The smallest absolute Gasteiger partial charge is 0.187 e. The van der Waals surface area contributed by atoms with Gasteiger partial charge in [-0.1, -0.05) is 26.0 Å². The molecule has 1 nitrogen and oxygen atoms in total. The molecule has 3 aromatic rings. The third-order valence-corrected chi connectivity index (χ3v) is 4.93. The van der Waals surface area contributed by atoms with E-state index < -0.39 is 0 Å². The van der Waals surface area contributed by atoms with Crippen LogP contribution in [0.2, 0.25) is 0 Å². The van der Waals surface area contributed by atoms with Gasteiger partial charge in [-0.25, -0.2) is 0 Å².